The maximum absolute atomic E-state index is 13.5. The van der Waals surface area contributed by atoms with Gasteiger partial charge in [-0.1, -0.05) is 32.0 Å². The van der Waals surface area contributed by atoms with Gasteiger partial charge in [-0.25, -0.2) is 19.2 Å². The lowest BCUT2D eigenvalue weighted by atomic mass is 10.2. The van der Waals surface area contributed by atoms with Crippen molar-refractivity contribution in [3.05, 3.63) is 47.9 Å². The van der Waals surface area contributed by atoms with Gasteiger partial charge in [0.2, 0.25) is 0 Å². The number of esters is 1. The fraction of sp³-hybridized carbons (Fsp3) is 0.250. The molecule has 0 fully saturated rings. The molecule has 0 N–H and O–H groups in total. The Morgan fingerprint density at radius 1 is 1.26 bits per heavy atom. The first-order valence-corrected chi connectivity index (χ1v) is 7.06. The smallest absolute Gasteiger partial charge is 0.345 e. The SMILES string of the molecule is CC.CN(C)C=Nc1nc(OC(=O)c2ccccc2)ncc1F. The van der Waals surface area contributed by atoms with Crippen molar-refractivity contribution >= 4 is 18.1 Å². The highest BCUT2D eigenvalue weighted by Gasteiger charge is 2.12. The van der Waals surface area contributed by atoms with Crippen molar-refractivity contribution in [1.82, 2.24) is 14.9 Å². The molecule has 23 heavy (non-hydrogen) atoms. The van der Waals surface area contributed by atoms with Crippen molar-refractivity contribution in [2.75, 3.05) is 14.1 Å². The number of aliphatic imine (C=N–C) groups is 1. The fourth-order valence-electron chi connectivity index (χ4n) is 1.37. The number of rotatable bonds is 4. The van der Waals surface area contributed by atoms with Gasteiger partial charge in [0.25, 0.3) is 0 Å². The van der Waals surface area contributed by atoms with Crippen LogP contribution in [0.5, 0.6) is 6.01 Å². The van der Waals surface area contributed by atoms with Crippen molar-refractivity contribution < 1.29 is 13.9 Å². The van der Waals surface area contributed by atoms with E-state index in [0.29, 0.717) is 5.56 Å². The molecule has 1 aromatic heterocycles. The molecule has 1 aromatic carbocycles. The number of hydrogen-bond acceptors (Lipinski definition) is 5. The number of carbonyl (C=O) groups is 1. The number of hydrogen-bond donors (Lipinski definition) is 0. The summed E-state index contributed by atoms with van der Waals surface area (Å²) in [6, 6.07) is 8.12. The van der Waals surface area contributed by atoms with E-state index in [4.69, 9.17) is 4.74 Å². The first-order valence-electron chi connectivity index (χ1n) is 7.06. The number of carbonyl (C=O) groups excluding carboxylic acids is 1. The molecule has 6 nitrogen and oxygen atoms in total. The van der Waals surface area contributed by atoms with Crippen LogP contribution in [0.25, 0.3) is 0 Å². The van der Waals surface area contributed by atoms with E-state index in [0.717, 1.165) is 6.20 Å². The van der Waals surface area contributed by atoms with Crippen LogP contribution in [-0.4, -0.2) is 41.3 Å². The van der Waals surface area contributed by atoms with Crippen molar-refractivity contribution in [1.29, 1.82) is 0 Å². The van der Waals surface area contributed by atoms with Gasteiger partial charge in [-0.15, -0.1) is 0 Å². The maximum atomic E-state index is 13.5. The van der Waals surface area contributed by atoms with Crippen LogP contribution in [0, 0.1) is 5.82 Å². The molecule has 0 aliphatic heterocycles. The summed E-state index contributed by atoms with van der Waals surface area (Å²) in [5.74, 6) is -1.52. The zero-order valence-corrected chi connectivity index (χ0v) is 13.5. The first kappa shape index (κ1) is 18.2. The van der Waals surface area contributed by atoms with Crippen molar-refractivity contribution in [2.45, 2.75) is 13.8 Å². The predicted molar refractivity (Wildman–Crippen MR) is 86.6 cm³/mol. The molecule has 1 heterocycles. The van der Waals surface area contributed by atoms with Crippen molar-refractivity contribution in [3.63, 3.8) is 0 Å². The molecule has 0 aliphatic carbocycles. The highest BCUT2D eigenvalue weighted by Crippen LogP contribution is 2.16. The van der Waals surface area contributed by atoms with Gasteiger partial charge in [0.1, 0.15) is 0 Å². The van der Waals surface area contributed by atoms with Crippen LogP contribution in [0.3, 0.4) is 0 Å². The molecule has 0 bridgehead atoms. The Kier molecular flexibility index (Phi) is 7.32. The van der Waals surface area contributed by atoms with E-state index in [1.807, 2.05) is 13.8 Å². The Hall–Kier alpha value is -2.83. The van der Waals surface area contributed by atoms with Gasteiger partial charge in [0.15, 0.2) is 11.6 Å². The monoisotopic (exact) mass is 318 g/mol. The highest BCUT2D eigenvalue weighted by molar-refractivity contribution is 5.90. The molecule has 0 aliphatic rings. The van der Waals surface area contributed by atoms with E-state index in [9.17, 15) is 9.18 Å². The van der Waals surface area contributed by atoms with Gasteiger partial charge in [0, 0.05) is 14.1 Å². The molecule has 2 rings (SSSR count). The predicted octanol–water partition coefficient (Wildman–Crippen LogP) is 3.08. The van der Waals surface area contributed by atoms with Gasteiger partial charge in [-0.05, 0) is 12.1 Å². The Bertz CT molecular complexity index is 660. The second-order valence-corrected chi connectivity index (χ2v) is 4.29. The third kappa shape index (κ3) is 5.82. The zero-order valence-electron chi connectivity index (χ0n) is 13.5. The molecule has 0 spiro atoms. The van der Waals surface area contributed by atoms with E-state index in [2.05, 4.69) is 15.0 Å². The number of halogens is 1. The maximum Gasteiger partial charge on any atom is 0.345 e. The van der Waals surface area contributed by atoms with Gasteiger partial charge in [-0.3, -0.25) is 0 Å². The van der Waals surface area contributed by atoms with Gasteiger partial charge >= 0.3 is 12.0 Å². The molecule has 0 saturated carbocycles. The third-order valence-corrected chi connectivity index (χ3v) is 2.31. The van der Waals surface area contributed by atoms with Crippen LogP contribution in [0.1, 0.15) is 24.2 Å². The minimum absolute atomic E-state index is 0.199. The quantitative estimate of drug-likeness (QED) is 0.492. The molecule has 0 amide bonds. The fourth-order valence-corrected chi connectivity index (χ4v) is 1.37. The average molecular weight is 318 g/mol. The standard InChI is InChI=1S/C14H13FN4O2.C2H6/c1-19(2)9-17-12-11(15)8-16-14(18-12)21-13(20)10-6-4-3-5-7-10;1-2/h3-9H,1-2H3;1-2H3. The minimum Gasteiger partial charge on any atom is -0.387 e. The van der Waals surface area contributed by atoms with Gasteiger partial charge < -0.3 is 9.64 Å². The number of benzene rings is 1. The Labute approximate surface area is 134 Å². The first-order chi connectivity index (χ1) is 11.1. The number of nitrogens with zero attached hydrogens (tertiary/aromatic N) is 4. The van der Waals surface area contributed by atoms with Crippen LogP contribution in [0.15, 0.2) is 41.5 Å². The van der Waals surface area contributed by atoms with Crippen LogP contribution in [0.4, 0.5) is 10.2 Å². The summed E-state index contributed by atoms with van der Waals surface area (Å²) < 4.78 is 18.5. The van der Waals surface area contributed by atoms with Gasteiger partial charge in [0.05, 0.1) is 18.1 Å². The second-order valence-electron chi connectivity index (χ2n) is 4.29. The summed E-state index contributed by atoms with van der Waals surface area (Å²) in [4.78, 5) is 24.7. The number of aromatic nitrogens is 2. The minimum atomic E-state index is -0.701. The molecule has 122 valence electrons. The lowest BCUT2D eigenvalue weighted by Crippen LogP contribution is -2.11. The summed E-state index contributed by atoms with van der Waals surface area (Å²) in [7, 11) is 3.47. The van der Waals surface area contributed by atoms with Crippen LogP contribution in [0.2, 0.25) is 0 Å². The summed E-state index contributed by atoms with van der Waals surface area (Å²) in [6.07, 6.45) is 2.29. The topological polar surface area (TPSA) is 67.7 Å². The molecular formula is C16H19FN4O2. The summed E-state index contributed by atoms with van der Waals surface area (Å²) in [5, 5.41) is 0. The molecule has 0 saturated heterocycles. The van der Waals surface area contributed by atoms with Gasteiger partial charge in [-0.2, -0.15) is 4.98 Å². The van der Waals surface area contributed by atoms with Crippen LogP contribution in [-0.2, 0) is 0 Å². The highest BCUT2D eigenvalue weighted by atomic mass is 19.1. The molecule has 0 radical (unpaired) electrons. The molecule has 7 heteroatoms. The van der Waals surface area contributed by atoms with Crippen LogP contribution >= 0.6 is 0 Å². The molecular weight excluding hydrogens is 299 g/mol. The van der Waals surface area contributed by atoms with E-state index >= 15 is 0 Å². The van der Waals surface area contributed by atoms with E-state index < -0.39 is 11.8 Å². The second kappa shape index (κ2) is 9.24. The van der Waals surface area contributed by atoms with E-state index in [1.165, 1.54) is 6.34 Å². The van der Waals surface area contributed by atoms with Crippen LogP contribution < -0.4 is 4.74 Å². The molecule has 2 aromatic rings. The van der Waals surface area contributed by atoms with E-state index in [-0.39, 0.29) is 11.8 Å². The largest absolute Gasteiger partial charge is 0.387 e. The summed E-state index contributed by atoms with van der Waals surface area (Å²) in [6.45, 7) is 4.00. The van der Waals surface area contributed by atoms with E-state index in [1.54, 1.807) is 49.3 Å². The Balaban J connectivity index is 0.00000127. The molecule has 0 atom stereocenters. The average Bonchev–Trinajstić information content (AvgIpc) is 2.58. The molecule has 0 unspecified atom stereocenters. The lowest BCUT2D eigenvalue weighted by Gasteiger charge is -2.04. The summed E-state index contributed by atoms with van der Waals surface area (Å²) in [5.41, 5.74) is 0.351. The normalized spacial score (nSPS) is 9.96. The Morgan fingerprint density at radius 3 is 2.52 bits per heavy atom. The third-order valence-electron chi connectivity index (χ3n) is 2.31. The summed E-state index contributed by atoms with van der Waals surface area (Å²) >= 11 is 0. The Morgan fingerprint density at radius 2 is 1.91 bits per heavy atom. The van der Waals surface area contributed by atoms with Crippen molar-refractivity contribution in [2.24, 2.45) is 4.99 Å². The number of ether oxygens (including phenoxy) is 1. The zero-order chi connectivity index (χ0) is 17.2. The lowest BCUT2D eigenvalue weighted by molar-refractivity contribution is 0.0719. The van der Waals surface area contributed by atoms with Crippen molar-refractivity contribution in [3.8, 4) is 6.01 Å².